The number of hydrogen-bond acceptors (Lipinski definition) is 7. The summed E-state index contributed by atoms with van der Waals surface area (Å²) in [5.41, 5.74) is -0.252. The summed E-state index contributed by atoms with van der Waals surface area (Å²) < 4.78 is 12.1. The Hall–Kier alpha value is -0.990. The lowest BCUT2D eigenvalue weighted by Gasteiger charge is -2.43. The summed E-state index contributed by atoms with van der Waals surface area (Å²) in [7, 11) is 0. The van der Waals surface area contributed by atoms with Gasteiger partial charge < -0.3 is 14.4 Å². The summed E-state index contributed by atoms with van der Waals surface area (Å²) in [6.45, 7) is 6.78. The van der Waals surface area contributed by atoms with Gasteiger partial charge in [0.05, 0.1) is 26.4 Å². The standard InChI is InChI=1S/C16H21N3O2S2/c1-2-14(22-8-1)10-18-4-7-21-16(11-18)12-19(5-6-20-13-16)15-17-3-9-23-15/h1-3,8-9H,4-7,10-13H2/t16-/m1/s1. The van der Waals surface area contributed by atoms with Crippen LogP contribution in [0.3, 0.4) is 0 Å². The Kier molecular flexibility index (Phi) is 4.64. The fourth-order valence-electron chi connectivity index (χ4n) is 3.31. The molecule has 0 aromatic carbocycles. The first-order chi connectivity index (χ1) is 11.3. The Morgan fingerprint density at radius 1 is 1.17 bits per heavy atom. The fourth-order valence-corrected chi connectivity index (χ4v) is 4.72. The number of nitrogens with zero attached hydrogens (tertiary/aromatic N) is 3. The number of anilines is 1. The molecular formula is C16H21N3O2S2. The Bertz CT molecular complexity index is 605. The third-order valence-electron chi connectivity index (χ3n) is 4.33. The van der Waals surface area contributed by atoms with Gasteiger partial charge in [0, 0.05) is 42.6 Å². The minimum absolute atomic E-state index is 0.252. The van der Waals surface area contributed by atoms with E-state index in [1.165, 1.54) is 4.88 Å². The SMILES string of the molecule is c1csc(CN2CCO[C@]3(COCCN(c4nccs4)C3)C2)c1. The minimum Gasteiger partial charge on any atom is -0.376 e. The van der Waals surface area contributed by atoms with E-state index in [-0.39, 0.29) is 5.60 Å². The zero-order chi connectivity index (χ0) is 15.5. The van der Waals surface area contributed by atoms with E-state index in [1.807, 2.05) is 22.9 Å². The molecule has 2 saturated heterocycles. The van der Waals surface area contributed by atoms with Crippen LogP contribution >= 0.6 is 22.7 Å². The molecule has 0 saturated carbocycles. The molecule has 2 aliphatic heterocycles. The van der Waals surface area contributed by atoms with Crippen LogP contribution < -0.4 is 4.90 Å². The van der Waals surface area contributed by atoms with Gasteiger partial charge in [-0.3, -0.25) is 4.90 Å². The molecule has 2 aromatic rings. The Morgan fingerprint density at radius 3 is 3.00 bits per heavy atom. The Morgan fingerprint density at radius 2 is 2.17 bits per heavy atom. The maximum absolute atomic E-state index is 6.24. The molecule has 0 N–H and O–H groups in total. The van der Waals surface area contributed by atoms with Crippen molar-refractivity contribution in [2.75, 3.05) is 50.9 Å². The summed E-state index contributed by atoms with van der Waals surface area (Å²) in [6.07, 6.45) is 1.86. The fraction of sp³-hybridized carbons (Fsp3) is 0.562. The van der Waals surface area contributed by atoms with Crippen molar-refractivity contribution in [1.29, 1.82) is 0 Å². The molecule has 0 unspecified atom stereocenters. The predicted octanol–water partition coefficient (Wildman–Crippen LogP) is 2.31. The number of rotatable bonds is 3. The molecule has 4 rings (SSSR count). The number of thiophene rings is 1. The highest BCUT2D eigenvalue weighted by molar-refractivity contribution is 7.13. The van der Waals surface area contributed by atoms with Crippen molar-refractivity contribution in [3.8, 4) is 0 Å². The first-order valence-corrected chi connectivity index (χ1v) is 9.70. The molecule has 7 heteroatoms. The van der Waals surface area contributed by atoms with Gasteiger partial charge in [-0.1, -0.05) is 6.07 Å². The van der Waals surface area contributed by atoms with Gasteiger partial charge in [0.25, 0.3) is 0 Å². The smallest absolute Gasteiger partial charge is 0.185 e. The maximum atomic E-state index is 6.24. The summed E-state index contributed by atoms with van der Waals surface area (Å²) in [4.78, 5) is 10.7. The minimum atomic E-state index is -0.252. The summed E-state index contributed by atoms with van der Waals surface area (Å²) >= 11 is 3.50. The first-order valence-electron chi connectivity index (χ1n) is 7.94. The van der Waals surface area contributed by atoms with Gasteiger partial charge >= 0.3 is 0 Å². The van der Waals surface area contributed by atoms with Gasteiger partial charge in [-0.05, 0) is 11.4 Å². The molecule has 2 aliphatic rings. The topological polar surface area (TPSA) is 37.8 Å². The van der Waals surface area contributed by atoms with Crippen LogP contribution in [0.1, 0.15) is 4.88 Å². The molecule has 0 bridgehead atoms. The molecule has 4 heterocycles. The molecule has 5 nitrogen and oxygen atoms in total. The lowest BCUT2D eigenvalue weighted by Crippen LogP contribution is -2.58. The molecule has 0 radical (unpaired) electrons. The van der Waals surface area contributed by atoms with Crippen molar-refractivity contribution in [2.45, 2.75) is 12.1 Å². The molecule has 1 spiro atoms. The van der Waals surface area contributed by atoms with E-state index in [1.54, 1.807) is 11.3 Å². The molecule has 23 heavy (non-hydrogen) atoms. The van der Waals surface area contributed by atoms with Gasteiger partial charge in [0.1, 0.15) is 5.60 Å². The molecule has 2 fully saturated rings. The van der Waals surface area contributed by atoms with Crippen LogP contribution in [0.2, 0.25) is 0 Å². The predicted molar refractivity (Wildman–Crippen MR) is 93.4 cm³/mol. The van der Waals surface area contributed by atoms with Gasteiger partial charge in [-0.15, -0.1) is 22.7 Å². The van der Waals surface area contributed by atoms with E-state index in [9.17, 15) is 0 Å². The van der Waals surface area contributed by atoms with E-state index < -0.39 is 0 Å². The summed E-state index contributed by atoms with van der Waals surface area (Å²) in [6, 6.07) is 4.33. The molecule has 2 aromatic heterocycles. The van der Waals surface area contributed by atoms with Crippen LogP contribution in [-0.2, 0) is 16.0 Å². The van der Waals surface area contributed by atoms with Crippen LogP contribution in [0.5, 0.6) is 0 Å². The average Bonchev–Trinajstić information content (AvgIpc) is 3.22. The van der Waals surface area contributed by atoms with E-state index in [4.69, 9.17) is 9.47 Å². The van der Waals surface area contributed by atoms with E-state index in [2.05, 4.69) is 32.3 Å². The van der Waals surface area contributed by atoms with Crippen LogP contribution in [0.4, 0.5) is 5.13 Å². The second-order valence-electron chi connectivity index (χ2n) is 6.11. The third-order valence-corrected chi connectivity index (χ3v) is 6.02. The third kappa shape index (κ3) is 3.59. The Labute approximate surface area is 144 Å². The largest absolute Gasteiger partial charge is 0.376 e. The normalized spacial score (nSPS) is 26.5. The first kappa shape index (κ1) is 15.5. The van der Waals surface area contributed by atoms with Crippen molar-refractivity contribution in [3.63, 3.8) is 0 Å². The van der Waals surface area contributed by atoms with Crippen LogP contribution in [0.25, 0.3) is 0 Å². The number of ether oxygens (including phenoxy) is 2. The van der Waals surface area contributed by atoms with Crippen molar-refractivity contribution in [2.24, 2.45) is 0 Å². The number of aromatic nitrogens is 1. The van der Waals surface area contributed by atoms with Crippen molar-refractivity contribution < 1.29 is 9.47 Å². The van der Waals surface area contributed by atoms with Crippen molar-refractivity contribution in [3.05, 3.63) is 34.0 Å². The van der Waals surface area contributed by atoms with Crippen LogP contribution in [0, 0.1) is 0 Å². The molecule has 124 valence electrons. The molecule has 0 aliphatic carbocycles. The molecular weight excluding hydrogens is 330 g/mol. The summed E-state index contributed by atoms with van der Waals surface area (Å²) in [5.74, 6) is 0. The van der Waals surface area contributed by atoms with E-state index in [0.29, 0.717) is 6.61 Å². The quantitative estimate of drug-likeness (QED) is 0.848. The highest BCUT2D eigenvalue weighted by atomic mass is 32.1. The van der Waals surface area contributed by atoms with Crippen LogP contribution in [-0.4, -0.2) is 61.5 Å². The van der Waals surface area contributed by atoms with E-state index >= 15 is 0 Å². The lowest BCUT2D eigenvalue weighted by atomic mass is 10.0. The maximum Gasteiger partial charge on any atom is 0.185 e. The molecule has 0 amide bonds. The zero-order valence-corrected chi connectivity index (χ0v) is 14.7. The highest BCUT2D eigenvalue weighted by Crippen LogP contribution is 2.28. The number of hydrogen-bond donors (Lipinski definition) is 0. The lowest BCUT2D eigenvalue weighted by molar-refractivity contribution is -0.134. The van der Waals surface area contributed by atoms with Crippen molar-refractivity contribution in [1.82, 2.24) is 9.88 Å². The van der Waals surface area contributed by atoms with Gasteiger partial charge in [0.15, 0.2) is 5.13 Å². The average molecular weight is 351 g/mol. The van der Waals surface area contributed by atoms with Gasteiger partial charge in [-0.25, -0.2) is 4.98 Å². The molecule has 1 atom stereocenters. The Balaban J connectivity index is 1.48. The van der Waals surface area contributed by atoms with Gasteiger partial charge in [-0.2, -0.15) is 0 Å². The monoisotopic (exact) mass is 351 g/mol. The van der Waals surface area contributed by atoms with Crippen LogP contribution in [0.15, 0.2) is 29.1 Å². The van der Waals surface area contributed by atoms with Crippen molar-refractivity contribution >= 4 is 27.8 Å². The summed E-state index contributed by atoms with van der Waals surface area (Å²) in [5, 5.41) is 5.23. The number of thiazole rings is 1. The second-order valence-corrected chi connectivity index (χ2v) is 8.02. The number of morpholine rings is 1. The second kappa shape index (κ2) is 6.86. The highest BCUT2D eigenvalue weighted by Gasteiger charge is 2.40. The van der Waals surface area contributed by atoms with E-state index in [0.717, 1.165) is 51.1 Å². The zero-order valence-electron chi connectivity index (χ0n) is 13.0. The van der Waals surface area contributed by atoms with Gasteiger partial charge in [0.2, 0.25) is 0 Å².